The fourth-order valence-electron chi connectivity index (χ4n) is 4.75. The molecule has 0 aromatic heterocycles. The van der Waals surface area contributed by atoms with Crippen LogP contribution in [0.1, 0.15) is 40.5 Å². The fourth-order valence-corrected chi connectivity index (χ4v) is 5.30. The van der Waals surface area contributed by atoms with E-state index in [9.17, 15) is 19.2 Å². The number of amides is 3. The van der Waals surface area contributed by atoms with E-state index in [-0.39, 0.29) is 34.4 Å². The maximum absolute atomic E-state index is 13.9. The molecule has 4 atom stereocenters. The zero-order chi connectivity index (χ0) is 25.3. The van der Waals surface area contributed by atoms with Gasteiger partial charge in [0.05, 0.1) is 22.4 Å². The highest BCUT2D eigenvalue weighted by Crippen LogP contribution is 2.40. The Morgan fingerprint density at radius 1 is 1.06 bits per heavy atom. The number of imide groups is 1. The van der Waals surface area contributed by atoms with Crippen molar-refractivity contribution < 1.29 is 19.2 Å². The van der Waals surface area contributed by atoms with Gasteiger partial charge in [0.2, 0.25) is 0 Å². The Balaban J connectivity index is 1.83. The maximum Gasteiger partial charge on any atom is 0.275 e. The summed E-state index contributed by atoms with van der Waals surface area (Å²) in [5.41, 5.74) is 0.340. The largest absolute Gasteiger partial charge is 0.292 e. The monoisotopic (exact) mass is 532 g/mol. The molecule has 0 unspecified atom stereocenters. The van der Waals surface area contributed by atoms with Gasteiger partial charge in [-0.25, -0.2) is 5.01 Å². The van der Waals surface area contributed by atoms with Gasteiger partial charge < -0.3 is 0 Å². The van der Waals surface area contributed by atoms with Crippen molar-refractivity contribution in [1.29, 1.82) is 0 Å². The molecule has 2 aromatic carbocycles. The van der Waals surface area contributed by atoms with Crippen molar-refractivity contribution in [3.8, 4) is 0 Å². The lowest BCUT2D eigenvalue weighted by Gasteiger charge is -2.36. The summed E-state index contributed by atoms with van der Waals surface area (Å²) in [5.74, 6) is -3.62. The summed E-state index contributed by atoms with van der Waals surface area (Å²) >= 11 is 18.4. The molecule has 6 nitrogen and oxygen atoms in total. The van der Waals surface area contributed by atoms with Gasteiger partial charge >= 0.3 is 0 Å². The predicted octanol–water partition coefficient (Wildman–Crippen LogP) is 5.43. The van der Waals surface area contributed by atoms with Gasteiger partial charge in [0.25, 0.3) is 17.7 Å². The van der Waals surface area contributed by atoms with Crippen LogP contribution in [-0.4, -0.2) is 45.4 Å². The molecule has 1 heterocycles. The zero-order valence-corrected chi connectivity index (χ0v) is 21.1. The summed E-state index contributed by atoms with van der Waals surface area (Å²) in [7, 11) is 0. The molecule has 0 spiro atoms. The third-order valence-electron chi connectivity index (χ3n) is 6.49. The number of hydrazine groups is 1. The number of carbonyl (C=O) groups excluding carboxylic acids is 4. The fraction of sp³-hybridized carbons (Fsp3) is 0.308. The van der Waals surface area contributed by atoms with Gasteiger partial charge in [-0.1, -0.05) is 54.4 Å². The first-order valence-corrected chi connectivity index (χ1v) is 12.5. The summed E-state index contributed by atoms with van der Waals surface area (Å²) in [5, 5.41) is 2.40. The Bertz CT molecular complexity index is 1200. The van der Waals surface area contributed by atoms with E-state index in [1.54, 1.807) is 24.3 Å². The number of alkyl halides is 1. The summed E-state index contributed by atoms with van der Waals surface area (Å²) in [6, 6.07) is 11.3. The Morgan fingerprint density at radius 3 is 2.37 bits per heavy atom. The molecule has 4 rings (SSSR count). The van der Waals surface area contributed by atoms with Crippen LogP contribution in [0.3, 0.4) is 0 Å². The number of benzene rings is 2. The topological polar surface area (TPSA) is 74.8 Å². The Kier molecular flexibility index (Phi) is 7.64. The number of hydrogen-bond acceptors (Lipinski definition) is 4. The second-order valence-electron chi connectivity index (χ2n) is 8.64. The quantitative estimate of drug-likeness (QED) is 0.206. The van der Waals surface area contributed by atoms with Crippen LogP contribution < -0.4 is 0 Å². The van der Waals surface area contributed by atoms with Crippen LogP contribution in [0.5, 0.6) is 0 Å². The van der Waals surface area contributed by atoms with E-state index < -0.39 is 41.4 Å². The van der Waals surface area contributed by atoms with E-state index in [1.165, 1.54) is 24.3 Å². The number of carbonyl (C=O) groups is 4. The lowest BCUT2D eigenvalue weighted by Crippen LogP contribution is -2.57. The van der Waals surface area contributed by atoms with Gasteiger partial charge in [-0.3, -0.25) is 19.2 Å². The van der Waals surface area contributed by atoms with Crippen molar-refractivity contribution in [2.24, 2.45) is 17.8 Å². The molecule has 1 fully saturated rings. The molecule has 1 aliphatic heterocycles. The Hall–Kier alpha value is -2.67. The van der Waals surface area contributed by atoms with Crippen LogP contribution in [0, 0.1) is 17.8 Å². The molecule has 35 heavy (non-hydrogen) atoms. The van der Waals surface area contributed by atoms with Gasteiger partial charge in [-0.05, 0) is 55.2 Å². The smallest absolute Gasteiger partial charge is 0.275 e. The molecule has 0 bridgehead atoms. The highest BCUT2D eigenvalue weighted by Gasteiger charge is 2.54. The molecule has 0 saturated carbocycles. The first-order valence-electron chi connectivity index (χ1n) is 11.2. The average molecular weight is 534 g/mol. The van der Waals surface area contributed by atoms with Crippen molar-refractivity contribution in [2.45, 2.75) is 25.8 Å². The summed E-state index contributed by atoms with van der Waals surface area (Å²) < 4.78 is 0. The SMILES string of the molecule is C[C@@H]1C=CC[C@@H]2C(=O)N(N(C(=O)c3ccccc3Cl)[C@H](CCCl)C(=O)c3ccc(Cl)cc3)C(=O)[C@H]12. The second kappa shape index (κ2) is 10.5. The van der Waals surface area contributed by atoms with Crippen molar-refractivity contribution in [3.05, 3.63) is 81.9 Å². The van der Waals surface area contributed by atoms with Crippen molar-refractivity contribution in [3.63, 3.8) is 0 Å². The van der Waals surface area contributed by atoms with Gasteiger partial charge in [-0.15, -0.1) is 11.6 Å². The average Bonchev–Trinajstić information content (AvgIpc) is 3.10. The first-order chi connectivity index (χ1) is 16.8. The molecule has 0 radical (unpaired) electrons. The number of halogens is 3. The van der Waals surface area contributed by atoms with E-state index in [4.69, 9.17) is 34.8 Å². The number of fused-ring (bicyclic) bond motifs is 1. The molecular formula is C26H23Cl3N2O4. The number of ketones is 1. The van der Waals surface area contributed by atoms with E-state index in [0.29, 0.717) is 11.4 Å². The molecule has 1 saturated heterocycles. The number of allylic oxidation sites excluding steroid dienone is 2. The van der Waals surface area contributed by atoms with Crippen molar-refractivity contribution >= 4 is 58.3 Å². The van der Waals surface area contributed by atoms with Gasteiger partial charge in [0.1, 0.15) is 6.04 Å². The number of hydrogen-bond donors (Lipinski definition) is 0. The van der Waals surface area contributed by atoms with Crippen LogP contribution >= 0.6 is 34.8 Å². The normalized spacial score (nSPS) is 22.2. The molecule has 0 N–H and O–H groups in total. The van der Waals surface area contributed by atoms with Crippen LogP contribution in [0.25, 0.3) is 0 Å². The third-order valence-corrected chi connectivity index (χ3v) is 7.29. The Labute approximate surface area is 218 Å². The van der Waals surface area contributed by atoms with E-state index >= 15 is 0 Å². The lowest BCUT2D eigenvalue weighted by atomic mass is 9.78. The Morgan fingerprint density at radius 2 is 1.74 bits per heavy atom. The molecule has 182 valence electrons. The molecule has 3 amide bonds. The number of Topliss-reactive ketones (excluding diaryl/α,β-unsaturated/α-hetero) is 1. The molecular weight excluding hydrogens is 511 g/mol. The minimum Gasteiger partial charge on any atom is -0.292 e. The number of rotatable bonds is 7. The molecule has 1 aliphatic carbocycles. The maximum atomic E-state index is 13.9. The summed E-state index contributed by atoms with van der Waals surface area (Å²) in [6.07, 6.45) is 4.16. The highest BCUT2D eigenvalue weighted by atomic mass is 35.5. The van der Waals surface area contributed by atoms with E-state index in [2.05, 4.69) is 0 Å². The number of nitrogens with zero attached hydrogens (tertiary/aromatic N) is 2. The van der Waals surface area contributed by atoms with Crippen LogP contribution in [0.15, 0.2) is 60.7 Å². The minimum atomic E-state index is -1.21. The third kappa shape index (κ3) is 4.75. The van der Waals surface area contributed by atoms with Gasteiger partial charge in [-0.2, -0.15) is 5.01 Å². The van der Waals surface area contributed by atoms with Crippen LogP contribution in [-0.2, 0) is 9.59 Å². The standard InChI is InChI=1S/C26H23Cl3N2O4/c1-15-5-4-7-19-22(15)26(35)31(25(19)34)30(24(33)18-6-2-3-8-20(18)29)21(13-14-27)23(32)16-9-11-17(28)12-10-16/h2-6,8-12,15,19,21-22H,7,13-14H2,1H3/t15-,19+,21-,22-/m1/s1. The van der Waals surface area contributed by atoms with Gasteiger partial charge in [0, 0.05) is 16.5 Å². The molecule has 9 heteroatoms. The van der Waals surface area contributed by atoms with Crippen LogP contribution in [0.2, 0.25) is 10.0 Å². The van der Waals surface area contributed by atoms with Gasteiger partial charge in [0.15, 0.2) is 5.78 Å². The van der Waals surface area contributed by atoms with Crippen molar-refractivity contribution in [2.75, 3.05) is 5.88 Å². The second-order valence-corrected chi connectivity index (χ2v) is 9.86. The molecule has 2 aliphatic rings. The zero-order valence-electron chi connectivity index (χ0n) is 18.9. The highest BCUT2D eigenvalue weighted by molar-refractivity contribution is 6.34. The van der Waals surface area contributed by atoms with Crippen LogP contribution in [0.4, 0.5) is 0 Å². The lowest BCUT2D eigenvalue weighted by molar-refractivity contribution is -0.156. The summed E-state index contributed by atoms with van der Waals surface area (Å²) in [6.45, 7) is 1.86. The molecule has 2 aromatic rings. The van der Waals surface area contributed by atoms with E-state index in [1.807, 2.05) is 19.1 Å². The first kappa shape index (κ1) is 25.4. The minimum absolute atomic E-state index is 0.0112. The van der Waals surface area contributed by atoms with Crippen molar-refractivity contribution in [1.82, 2.24) is 10.0 Å². The predicted molar refractivity (Wildman–Crippen MR) is 134 cm³/mol. The van der Waals surface area contributed by atoms with E-state index in [0.717, 1.165) is 10.0 Å². The summed E-state index contributed by atoms with van der Waals surface area (Å²) in [4.78, 5) is 54.7.